The van der Waals surface area contributed by atoms with E-state index >= 15 is 0 Å². The monoisotopic (exact) mass is 250 g/mol. The fourth-order valence-corrected chi connectivity index (χ4v) is 1.78. The summed E-state index contributed by atoms with van der Waals surface area (Å²) >= 11 is 5.17. The summed E-state index contributed by atoms with van der Waals surface area (Å²) < 4.78 is 39.7. The zero-order valence-corrected chi connectivity index (χ0v) is 8.61. The van der Waals surface area contributed by atoms with Crippen molar-refractivity contribution in [2.24, 2.45) is 0 Å². The number of halogens is 4. The summed E-state index contributed by atoms with van der Waals surface area (Å²) in [6.07, 6.45) is 0.333. The summed E-state index contributed by atoms with van der Waals surface area (Å²) in [5, 5.41) is 7.93. The molecule has 1 N–H and O–H groups in total. The highest BCUT2D eigenvalue weighted by Crippen LogP contribution is 2.50. The fourth-order valence-electron chi connectivity index (χ4n) is 1.64. The van der Waals surface area contributed by atoms with Gasteiger partial charge in [-0.05, 0) is 18.9 Å². The van der Waals surface area contributed by atoms with Crippen LogP contribution in [-0.2, 0) is 10.2 Å². The molecule has 2 nitrogen and oxygen atoms in total. The molecule has 0 radical (unpaired) electrons. The first-order valence-electron chi connectivity index (χ1n) is 4.47. The Balaban J connectivity index is 2.63. The minimum atomic E-state index is -1.54. The molecule has 16 heavy (non-hydrogen) atoms. The van der Waals surface area contributed by atoms with Crippen LogP contribution in [-0.4, -0.2) is 11.1 Å². The zero-order valence-electron chi connectivity index (χ0n) is 7.86. The topological polar surface area (TPSA) is 37.3 Å². The van der Waals surface area contributed by atoms with E-state index in [1.807, 2.05) is 0 Å². The molecular weight excluding hydrogens is 245 g/mol. The van der Waals surface area contributed by atoms with E-state index in [2.05, 4.69) is 0 Å². The van der Waals surface area contributed by atoms with E-state index in [-0.39, 0.29) is 12.8 Å². The number of carbonyl (C=O) groups is 1. The molecule has 1 fully saturated rings. The van der Waals surface area contributed by atoms with Crippen molar-refractivity contribution in [3.63, 3.8) is 0 Å². The summed E-state index contributed by atoms with van der Waals surface area (Å²) in [5.41, 5.74) is -1.96. The molecule has 1 aromatic carbocycles. The van der Waals surface area contributed by atoms with Gasteiger partial charge in [0.1, 0.15) is 10.8 Å². The van der Waals surface area contributed by atoms with Crippen LogP contribution in [0.3, 0.4) is 0 Å². The largest absolute Gasteiger partial charge is 0.481 e. The van der Waals surface area contributed by atoms with Crippen molar-refractivity contribution in [1.29, 1.82) is 0 Å². The van der Waals surface area contributed by atoms with Gasteiger partial charge in [0, 0.05) is 5.56 Å². The number of carboxylic acids is 1. The average Bonchev–Trinajstić information content (AvgIpc) is 3.01. The SMILES string of the molecule is O=C(O)C1(c2cc(F)c(Cl)c(F)c2F)CC1. The van der Waals surface area contributed by atoms with Crippen molar-refractivity contribution in [2.45, 2.75) is 18.3 Å². The molecule has 0 bridgehead atoms. The molecule has 0 atom stereocenters. The van der Waals surface area contributed by atoms with Gasteiger partial charge in [-0.1, -0.05) is 11.6 Å². The second kappa shape index (κ2) is 3.38. The summed E-state index contributed by atoms with van der Waals surface area (Å²) in [4.78, 5) is 10.9. The lowest BCUT2D eigenvalue weighted by Crippen LogP contribution is -2.22. The molecule has 6 heteroatoms. The van der Waals surface area contributed by atoms with Crippen LogP contribution in [0.15, 0.2) is 6.07 Å². The van der Waals surface area contributed by atoms with Crippen LogP contribution in [0.25, 0.3) is 0 Å². The molecule has 0 heterocycles. The molecule has 2 rings (SSSR count). The Morgan fingerprint density at radius 1 is 1.31 bits per heavy atom. The van der Waals surface area contributed by atoms with Crippen LogP contribution >= 0.6 is 11.6 Å². The summed E-state index contributed by atoms with van der Waals surface area (Å²) in [6.45, 7) is 0. The van der Waals surface area contributed by atoms with Crippen molar-refractivity contribution < 1.29 is 23.1 Å². The van der Waals surface area contributed by atoms with Gasteiger partial charge < -0.3 is 5.11 Å². The lowest BCUT2D eigenvalue weighted by Gasteiger charge is -2.12. The molecule has 0 amide bonds. The number of carboxylic acid groups (broad SMARTS) is 1. The smallest absolute Gasteiger partial charge is 0.314 e. The van der Waals surface area contributed by atoms with E-state index in [1.165, 1.54) is 0 Å². The third-order valence-electron chi connectivity index (χ3n) is 2.78. The molecule has 1 saturated carbocycles. The van der Waals surface area contributed by atoms with Crippen LogP contribution in [0.1, 0.15) is 18.4 Å². The molecule has 1 aliphatic rings. The minimum absolute atomic E-state index is 0.166. The first-order chi connectivity index (χ1) is 7.40. The van der Waals surface area contributed by atoms with E-state index < -0.39 is 39.4 Å². The number of benzene rings is 1. The van der Waals surface area contributed by atoms with Crippen molar-refractivity contribution in [2.75, 3.05) is 0 Å². The Bertz CT molecular complexity index is 483. The van der Waals surface area contributed by atoms with Crippen LogP contribution in [0.5, 0.6) is 0 Å². The van der Waals surface area contributed by atoms with Crippen molar-refractivity contribution in [3.8, 4) is 0 Å². The maximum absolute atomic E-state index is 13.4. The minimum Gasteiger partial charge on any atom is -0.481 e. The molecular formula is C10H6ClF3O2. The number of hydrogen-bond acceptors (Lipinski definition) is 1. The maximum atomic E-state index is 13.4. The van der Waals surface area contributed by atoms with E-state index in [4.69, 9.17) is 16.7 Å². The number of aliphatic carboxylic acids is 1. The lowest BCUT2D eigenvalue weighted by atomic mass is 9.95. The van der Waals surface area contributed by atoms with E-state index in [0.29, 0.717) is 6.07 Å². The first-order valence-corrected chi connectivity index (χ1v) is 4.85. The van der Waals surface area contributed by atoms with Crippen molar-refractivity contribution in [3.05, 3.63) is 34.1 Å². The van der Waals surface area contributed by atoms with Crippen LogP contribution in [0, 0.1) is 17.5 Å². The third kappa shape index (κ3) is 1.38. The second-order valence-electron chi connectivity index (χ2n) is 3.74. The van der Waals surface area contributed by atoms with Gasteiger partial charge >= 0.3 is 5.97 Å². The number of rotatable bonds is 2. The van der Waals surface area contributed by atoms with E-state index in [1.54, 1.807) is 0 Å². The molecule has 1 aliphatic carbocycles. The fraction of sp³-hybridized carbons (Fsp3) is 0.300. The van der Waals surface area contributed by atoms with E-state index in [0.717, 1.165) is 0 Å². The molecule has 0 aromatic heterocycles. The Labute approximate surface area is 93.6 Å². The van der Waals surface area contributed by atoms with Gasteiger partial charge in [0.05, 0.1) is 5.41 Å². The predicted octanol–water partition coefficient (Wildman–Crippen LogP) is 2.87. The highest BCUT2D eigenvalue weighted by molar-refractivity contribution is 6.30. The van der Waals surface area contributed by atoms with Gasteiger partial charge in [0.2, 0.25) is 0 Å². The second-order valence-corrected chi connectivity index (χ2v) is 4.11. The van der Waals surface area contributed by atoms with E-state index in [9.17, 15) is 18.0 Å². The molecule has 0 aliphatic heterocycles. The predicted molar refractivity (Wildman–Crippen MR) is 49.9 cm³/mol. The van der Waals surface area contributed by atoms with Crippen LogP contribution < -0.4 is 0 Å². The highest BCUT2D eigenvalue weighted by atomic mass is 35.5. The van der Waals surface area contributed by atoms with Gasteiger partial charge in [-0.3, -0.25) is 4.79 Å². The standard InChI is InChI=1S/C10H6ClF3O2/c11-6-5(12)3-4(7(13)8(6)14)10(1-2-10)9(15)16/h3H,1-2H2,(H,15,16). The Kier molecular flexibility index (Phi) is 2.38. The molecule has 0 unspecified atom stereocenters. The summed E-state index contributed by atoms with van der Waals surface area (Å²) in [6, 6.07) is 0.655. The molecule has 0 saturated heterocycles. The average molecular weight is 251 g/mol. The van der Waals surface area contributed by atoms with Gasteiger partial charge in [-0.2, -0.15) is 0 Å². The van der Waals surface area contributed by atoms with Crippen molar-refractivity contribution in [1.82, 2.24) is 0 Å². The Morgan fingerprint density at radius 2 is 1.88 bits per heavy atom. The van der Waals surface area contributed by atoms with Gasteiger partial charge in [0.25, 0.3) is 0 Å². The van der Waals surface area contributed by atoms with Crippen LogP contribution in [0.2, 0.25) is 5.02 Å². The quantitative estimate of drug-likeness (QED) is 0.647. The van der Waals surface area contributed by atoms with Gasteiger partial charge in [-0.25, -0.2) is 13.2 Å². The third-order valence-corrected chi connectivity index (χ3v) is 3.12. The normalized spacial score (nSPS) is 17.2. The summed E-state index contributed by atoms with van der Waals surface area (Å²) in [5.74, 6) is -5.36. The maximum Gasteiger partial charge on any atom is 0.314 e. The Morgan fingerprint density at radius 3 is 2.31 bits per heavy atom. The van der Waals surface area contributed by atoms with Gasteiger partial charge in [-0.15, -0.1) is 0 Å². The lowest BCUT2D eigenvalue weighted by molar-refractivity contribution is -0.140. The molecule has 1 aromatic rings. The van der Waals surface area contributed by atoms with Gasteiger partial charge in [0.15, 0.2) is 11.6 Å². The number of hydrogen-bond donors (Lipinski definition) is 1. The zero-order chi connectivity index (χ0) is 12.1. The molecule has 86 valence electrons. The highest BCUT2D eigenvalue weighted by Gasteiger charge is 2.54. The van der Waals surface area contributed by atoms with Crippen molar-refractivity contribution >= 4 is 17.6 Å². The molecule has 0 spiro atoms. The Hall–Kier alpha value is -1.23. The van der Waals surface area contributed by atoms with Crippen LogP contribution in [0.4, 0.5) is 13.2 Å². The first kappa shape index (κ1) is 11.3. The summed E-state index contributed by atoms with van der Waals surface area (Å²) in [7, 11) is 0.